The van der Waals surface area contributed by atoms with Crippen LogP contribution in [0.25, 0.3) is 0 Å². The Morgan fingerprint density at radius 3 is 3.00 bits per heavy atom. The molecule has 5 heteroatoms. The van der Waals surface area contributed by atoms with Gasteiger partial charge in [-0.25, -0.2) is 4.89 Å². The summed E-state index contributed by atoms with van der Waals surface area (Å²) < 4.78 is 0. The summed E-state index contributed by atoms with van der Waals surface area (Å²) in [5.41, 5.74) is 1.08. The summed E-state index contributed by atoms with van der Waals surface area (Å²) in [7, 11) is 1.92. The smallest absolute Gasteiger partial charge is 0.0820 e. The fourth-order valence-corrected chi connectivity index (χ4v) is 2.12. The van der Waals surface area contributed by atoms with E-state index in [2.05, 4.69) is 27.4 Å². The molecular weight excluding hydrogens is 218 g/mol. The highest BCUT2D eigenvalue weighted by Gasteiger charge is 2.24. The number of rotatable bonds is 9. The van der Waals surface area contributed by atoms with E-state index in [1.165, 1.54) is 6.42 Å². The fourth-order valence-electron chi connectivity index (χ4n) is 2.12. The third-order valence-electron chi connectivity index (χ3n) is 3.21. The molecule has 5 nitrogen and oxygen atoms in total. The normalized spacial score (nSPS) is 23.9. The quantitative estimate of drug-likeness (QED) is 0.273. The van der Waals surface area contributed by atoms with Crippen molar-refractivity contribution >= 4 is 0 Å². The first kappa shape index (κ1) is 14.4. The maximum atomic E-state index is 8.16. The van der Waals surface area contributed by atoms with Crippen molar-refractivity contribution in [3.63, 3.8) is 0 Å². The van der Waals surface area contributed by atoms with E-state index in [0.717, 1.165) is 38.0 Å². The van der Waals surface area contributed by atoms with E-state index < -0.39 is 0 Å². The summed E-state index contributed by atoms with van der Waals surface area (Å²) in [6.45, 7) is 6.38. The second-order valence-electron chi connectivity index (χ2n) is 4.51. The van der Waals surface area contributed by atoms with Gasteiger partial charge in [-0.3, -0.25) is 5.26 Å². The van der Waals surface area contributed by atoms with Gasteiger partial charge in [0.15, 0.2) is 0 Å². The van der Waals surface area contributed by atoms with Crippen molar-refractivity contribution < 1.29 is 10.1 Å². The Kier molecular flexibility index (Phi) is 7.19. The van der Waals surface area contributed by atoms with E-state index in [9.17, 15) is 0 Å². The van der Waals surface area contributed by atoms with Crippen LogP contribution in [0.15, 0.2) is 12.3 Å². The first-order valence-corrected chi connectivity index (χ1v) is 6.37. The van der Waals surface area contributed by atoms with Crippen LogP contribution < -0.4 is 16.0 Å². The molecule has 0 amide bonds. The minimum absolute atomic E-state index is 0.412. The lowest BCUT2D eigenvalue weighted by Gasteiger charge is -2.16. The van der Waals surface area contributed by atoms with Crippen molar-refractivity contribution in [1.29, 1.82) is 0 Å². The molecule has 1 aliphatic rings. The molecule has 1 rings (SSSR count). The Morgan fingerprint density at radius 1 is 1.47 bits per heavy atom. The second kappa shape index (κ2) is 8.47. The zero-order valence-electron chi connectivity index (χ0n) is 10.7. The van der Waals surface area contributed by atoms with Crippen LogP contribution in [0.1, 0.15) is 25.7 Å². The highest BCUT2D eigenvalue weighted by Crippen LogP contribution is 2.15. The van der Waals surface area contributed by atoms with Crippen LogP contribution in [-0.2, 0) is 4.89 Å². The fraction of sp³-hybridized carbons (Fsp3) is 0.833. The second-order valence-corrected chi connectivity index (χ2v) is 4.51. The molecule has 0 radical (unpaired) electrons. The maximum absolute atomic E-state index is 8.16. The average molecular weight is 243 g/mol. The van der Waals surface area contributed by atoms with E-state index in [1.54, 1.807) is 0 Å². The van der Waals surface area contributed by atoms with Gasteiger partial charge in [-0.15, -0.1) is 0 Å². The Labute approximate surface area is 104 Å². The Hall–Kier alpha value is -0.620. The lowest BCUT2D eigenvalue weighted by Crippen LogP contribution is -2.39. The van der Waals surface area contributed by atoms with Crippen LogP contribution in [0, 0.1) is 0 Å². The third-order valence-corrected chi connectivity index (χ3v) is 3.21. The van der Waals surface area contributed by atoms with Gasteiger partial charge in [0.05, 0.1) is 6.61 Å². The molecule has 2 unspecified atom stereocenters. The first-order chi connectivity index (χ1) is 8.27. The van der Waals surface area contributed by atoms with Crippen LogP contribution >= 0.6 is 0 Å². The Bertz CT molecular complexity index is 224. The zero-order chi connectivity index (χ0) is 12.5. The molecule has 0 saturated carbocycles. The van der Waals surface area contributed by atoms with Crippen molar-refractivity contribution in [2.45, 2.75) is 37.8 Å². The molecule has 4 N–H and O–H groups in total. The largest absolute Gasteiger partial charge is 0.391 e. The van der Waals surface area contributed by atoms with Gasteiger partial charge in [0.1, 0.15) is 0 Å². The highest BCUT2D eigenvalue weighted by atomic mass is 17.1. The van der Waals surface area contributed by atoms with Gasteiger partial charge in [0, 0.05) is 31.4 Å². The number of hydrogen-bond donors (Lipinski definition) is 4. The van der Waals surface area contributed by atoms with Crippen LogP contribution in [-0.4, -0.2) is 44.1 Å². The summed E-state index contributed by atoms with van der Waals surface area (Å²) in [4.78, 5) is 4.02. The molecule has 0 aliphatic carbocycles. The summed E-state index contributed by atoms with van der Waals surface area (Å²) >= 11 is 0. The molecule has 1 saturated heterocycles. The van der Waals surface area contributed by atoms with Crippen molar-refractivity contribution in [2.24, 2.45) is 0 Å². The first-order valence-electron chi connectivity index (χ1n) is 6.37. The number of nitrogens with one attached hydrogen (secondary N) is 3. The summed E-state index contributed by atoms with van der Waals surface area (Å²) in [6, 6.07) is 0.953. The monoisotopic (exact) mass is 243 g/mol. The predicted molar refractivity (Wildman–Crippen MR) is 68.8 cm³/mol. The van der Waals surface area contributed by atoms with Crippen LogP contribution in [0.4, 0.5) is 0 Å². The van der Waals surface area contributed by atoms with E-state index in [1.807, 2.05) is 7.05 Å². The molecule has 1 heterocycles. The molecule has 0 spiro atoms. The van der Waals surface area contributed by atoms with Gasteiger partial charge in [-0.1, -0.05) is 6.58 Å². The van der Waals surface area contributed by atoms with Gasteiger partial charge in [-0.05, 0) is 32.2 Å². The van der Waals surface area contributed by atoms with E-state index in [4.69, 9.17) is 5.26 Å². The lowest BCUT2D eigenvalue weighted by molar-refractivity contribution is -0.242. The van der Waals surface area contributed by atoms with Crippen LogP contribution in [0.5, 0.6) is 0 Å². The van der Waals surface area contributed by atoms with Gasteiger partial charge in [0.2, 0.25) is 0 Å². The molecule has 1 fully saturated rings. The third kappa shape index (κ3) is 5.50. The highest BCUT2D eigenvalue weighted by molar-refractivity contribution is 5.06. The van der Waals surface area contributed by atoms with E-state index >= 15 is 0 Å². The molecule has 0 aromatic heterocycles. The van der Waals surface area contributed by atoms with Crippen molar-refractivity contribution in [3.8, 4) is 0 Å². The topological polar surface area (TPSA) is 65.5 Å². The number of unbranched alkanes of at least 4 members (excludes halogenated alkanes) is 1. The molecule has 2 atom stereocenters. The van der Waals surface area contributed by atoms with E-state index in [0.29, 0.717) is 18.7 Å². The Morgan fingerprint density at radius 2 is 2.29 bits per heavy atom. The molecule has 100 valence electrons. The minimum atomic E-state index is 0.412. The van der Waals surface area contributed by atoms with Crippen molar-refractivity contribution in [1.82, 2.24) is 16.0 Å². The van der Waals surface area contributed by atoms with Crippen molar-refractivity contribution in [3.05, 3.63) is 12.3 Å². The van der Waals surface area contributed by atoms with Crippen LogP contribution in [0.2, 0.25) is 0 Å². The van der Waals surface area contributed by atoms with E-state index in [-0.39, 0.29) is 0 Å². The minimum Gasteiger partial charge on any atom is -0.391 e. The maximum Gasteiger partial charge on any atom is 0.0820 e. The zero-order valence-corrected chi connectivity index (χ0v) is 10.7. The molecule has 0 bridgehead atoms. The van der Waals surface area contributed by atoms with Crippen LogP contribution in [0.3, 0.4) is 0 Å². The lowest BCUT2D eigenvalue weighted by atomic mass is 10.1. The summed E-state index contributed by atoms with van der Waals surface area (Å²) in [5.74, 6) is 0. The Balaban J connectivity index is 2.00. The number of hydrogen-bond acceptors (Lipinski definition) is 5. The molecule has 17 heavy (non-hydrogen) atoms. The molecule has 0 aromatic rings. The summed E-state index contributed by atoms with van der Waals surface area (Å²) in [6.07, 6.45) is 4.27. The molecule has 0 aromatic carbocycles. The standard InChI is InChI=1S/C12H25N3O2/c1-10(13-2)12-6-5-11(15-12)9-14-7-3-4-8-17-16/h11-16H,1,3-9H2,2H3. The molecule has 1 aliphatic heterocycles. The number of likely N-dealkylation sites (N-methyl/N-ethyl adjacent to an activating group) is 1. The average Bonchev–Trinajstić information content (AvgIpc) is 2.81. The summed E-state index contributed by atoms with van der Waals surface area (Å²) in [5, 5.41) is 18.2. The van der Waals surface area contributed by atoms with Gasteiger partial charge >= 0.3 is 0 Å². The van der Waals surface area contributed by atoms with Gasteiger partial charge in [0.25, 0.3) is 0 Å². The molecular formula is C12H25N3O2. The van der Waals surface area contributed by atoms with Gasteiger partial charge < -0.3 is 16.0 Å². The van der Waals surface area contributed by atoms with Gasteiger partial charge in [-0.2, -0.15) is 0 Å². The predicted octanol–water partition coefficient (Wildman–Crippen LogP) is 0.700. The van der Waals surface area contributed by atoms with Crippen molar-refractivity contribution in [2.75, 3.05) is 26.7 Å². The SMILES string of the molecule is C=C(NC)C1CCC(CNCCCCOO)N1.